The number of fused-ring (bicyclic) bond motifs is 1. The molecular weight excluding hydrogens is 428 g/mol. The minimum absolute atomic E-state index is 0.121. The van der Waals surface area contributed by atoms with Crippen molar-refractivity contribution >= 4 is 46.5 Å². The molecule has 0 aliphatic carbocycles. The summed E-state index contributed by atoms with van der Waals surface area (Å²) in [5, 5.41) is 8.64. The smallest absolute Gasteiger partial charge is 0.314 e. The van der Waals surface area contributed by atoms with Crippen molar-refractivity contribution in [3.63, 3.8) is 0 Å². The van der Waals surface area contributed by atoms with Gasteiger partial charge in [0, 0.05) is 43.2 Å². The van der Waals surface area contributed by atoms with Crippen LogP contribution >= 0.6 is 22.9 Å². The summed E-state index contributed by atoms with van der Waals surface area (Å²) in [7, 11) is 2.04. The van der Waals surface area contributed by atoms with Crippen molar-refractivity contribution in [3.8, 4) is 0 Å². The molecule has 3 heterocycles. The summed E-state index contributed by atoms with van der Waals surface area (Å²) in [4.78, 5) is 48.3. The van der Waals surface area contributed by atoms with Gasteiger partial charge >= 0.3 is 11.8 Å². The van der Waals surface area contributed by atoms with E-state index >= 15 is 0 Å². The highest BCUT2D eigenvalue weighted by Gasteiger charge is 2.23. The lowest BCUT2D eigenvalue weighted by atomic mass is 10.2. The van der Waals surface area contributed by atoms with Gasteiger partial charge in [-0.15, -0.1) is 11.3 Å². The summed E-state index contributed by atoms with van der Waals surface area (Å²) < 4.78 is 0. The zero-order chi connectivity index (χ0) is 21.7. The number of thiazole rings is 1. The number of anilines is 1. The number of hydrogen-bond donors (Lipinski definition) is 3. The van der Waals surface area contributed by atoms with Gasteiger partial charge in [0.25, 0.3) is 5.91 Å². The van der Waals surface area contributed by atoms with E-state index in [0.29, 0.717) is 16.5 Å². The van der Waals surface area contributed by atoms with E-state index < -0.39 is 11.8 Å². The largest absolute Gasteiger partial charge is 0.346 e. The third-order valence-corrected chi connectivity index (χ3v) is 5.93. The Kier molecular flexibility index (Phi) is 7.35. The summed E-state index contributed by atoms with van der Waals surface area (Å²) in [6, 6.07) is 2.72. The maximum Gasteiger partial charge on any atom is 0.314 e. The van der Waals surface area contributed by atoms with Crippen LogP contribution in [0.25, 0.3) is 0 Å². The lowest BCUT2D eigenvalue weighted by Gasteiger charge is -2.20. The minimum atomic E-state index is -0.845. The third kappa shape index (κ3) is 5.74. The number of nitrogens with zero attached hydrogens (tertiary/aromatic N) is 3. The molecule has 30 heavy (non-hydrogen) atoms. The van der Waals surface area contributed by atoms with Gasteiger partial charge in [-0.3, -0.25) is 14.4 Å². The molecular formula is C19H23ClN6O3S. The van der Waals surface area contributed by atoms with Gasteiger partial charge in [-0.2, -0.15) is 0 Å². The van der Waals surface area contributed by atoms with Crippen molar-refractivity contribution < 1.29 is 14.4 Å². The molecule has 2 aromatic rings. The van der Waals surface area contributed by atoms with Crippen LogP contribution in [0.3, 0.4) is 0 Å². The molecule has 0 saturated carbocycles. The fourth-order valence-corrected chi connectivity index (χ4v) is 4.09. The van der Waals surface area contributed by atoms with Crippen LogP contribution in [0, 0.1) is 0 Å². The second kappa shape index (κ2) is 9.96. The normalized spacial score (nSPS) is 14.5. The molecule has 0 fully saturated rings. The van der Waals surface area contributed by atoms with E-state index in [1.807, 2.05) is 14.0 Å². The fourth-order valence-electron chi connectivity index (χ4n) is 2.88. The molecule has 3 N–H and O–H groups in total. The van der Waals surface area contributed by atoms with Gasteiger partial charge in [0.2, 0.25) is 0 Å². The summed E-state index contributed by atoms with van der Waals surface area (Å²) in [6.45, 7) is 3.73. The number of hydrogen-bond acceptors (Lipinski definition) is 7. The SMILES string of the molecule is CCC(CNC(=O)C(=O)Nc1ccc(Cl)cn1)NC(=O)c1nc2c(s1)CN(C)CC2. The topological polar surface area (TPSA) is 116 Å². The fraction of sp³-hybridized carbons (Fsp3) is 0.421. The zero-order valence-electron chi connectivity index (χ0n) is 16.7. The second-order valence-corrected chi connectivity index (χ2v) is 8.50. The van der Waals surface area contributed by atoms with Gasteiger partial charge in [-0.05, 0) is 25.6 Å². The Morgan fingerprint density at radius 1 is 1.30 bits per heavy atom. The van der Waals surface area contributed by atoms with Crippen LogP contribution in [0.2, 0.25) is 5.02 Å². The number of pyridine rings is 1. The van der Waals surface area contributed by atoms with Crippen LogP contribution < -0.4 is 16.0 Å². The van der Waals surface area contributed by atoms with Gasteiger partial charge in [0.15, 0.2) is 5.01 Å². The monoisotopic (exact) mass is 450 g/mol. The summed E-state index contributed by atoms with van der Waals surface area (Å²) >= 11 is 7.14. The molecule has 11 heteroatoms. The lowest BCUT2D eigenvalue weighted by molar-refractivity contribution is -0.136. The predicted octanol–water partition coefficient (Wildman–Crippen LogP) is 1.44. The molecule has 0 saturated heterocycles. The van der Waals surface area contributed by atoms with E-state index in [0.717, 1.165) is 30.1 Å². The Hall–Kier alpha value is -2.56. The molecule has 1 aliphatic heterocycles. The Morgan fingerprint density at radius 3 is 2.80 bits per heavy atom. The number of carbonyl (C=O) groups excluding carboxylic acids is 3. The number of nitrogens with one attached hydrogen (secondary N) is 3. The molecule has 0 spiro atoms. The lowest BCUT2D eigenvalue weighted by Crippen LogP contribution is -2.46. The standard InChI is InChI=1S/C19H23ClN6O3S/c1-3-12(9-22-16(27)17(28)25-15-5-4-11(20)8-21-15)23-18(29)19-24-13-6-7-26(2)10-14(13)30-19/h4-5,8,12H,3,6-7,9-10H2,1-2H3,(H,22,27)(H,23,29)(H,21,25,28). The van der Waals surface area contributed by atoms with Gasteiger partial charge in [0.05, 0.1) is 10.7 Å². The number of aromatic nitrogens is 2. The van der Waals surface area contributed by atoms with E-state index in [1.54, 1.807) is 6.07 Å². The van der Waals surface area contributed by atoms with Crippen molar-refractivity contribution in [3.05, 3.63) is 38.9 Å². The molecule has 2 aromatic heterocycles. The molecule has 1 unspecified atom stereocenters. The van der Waals surface area contributed by atoms with Crippen molar-refractivity contribution in [1.29, 1.82) is 0 Å². The highest BCUT2D eigenvalue weighted by Crippen LogP contribution is 2.24. The molecule has 3 rings (SSSR count). The average Bonchev–Trinajstić information content (AvgIpc) is 3.15. The minimum Gasteiger partial charge on any atom is -0.346 e. The summed E-state index contributed by atoms with van der Waals surface area (Å²) in [5.74, 6) is -1.71. The third-order valence-electron chi connectivity index (χ3n) is 4.63. The van der Waals surface area contributed by atoms with Crippen LogP contribution in [-0.4, -0.2) is 58.8 Å². The number of carbonyl (C=O) groups is 3. The zero-order valence-corrected chi connectivity index (χ0v) is 18.3. The number of likely N-dealkylation sites (N-methyl/N-ethyl adjacent to an activating group) is 1. The number of amides is 3. The van der Waals surface area contributed by atoms with Crippen molar-refractivity contribution in [2.75, 3.05) is 25.5 Å². The van der Waals surface area contributed by atoms with Gasteiger partial charge in [-0.25, -0.2) is 9.97 Å². The van der Waals surface area contributed by atoms with Crippen molar-refractivity contribution in [2.24, 2.45) is 0 Å². The summed E-state index contributed by atoms with van der Waals surface area (Å²) in [6.07, 6.45) is 2.78. The van der Waals surface area contributed by atoms with E-state index in [-0.39, 0.29) is 24.3 Å². The van der Waals surface area contributed by atoms with Crippen LogP contribution in [0.5, 0.6) is 0 Å². The Bertz CT molecular complexity index is 933. The van der Waals surface area contributed by atoms with Crippen molar-refractivity contribution in [2.45, 2.75) is 32.4 Å². The first-order valence-electron chi connectivity index (χ1n) is 9.54. The molecule has 1 atom stereocenters. The second-order valence-electron chi connectivity index (χ2n) is 6.98. The number of rotatable bonds is 6. The molecule has 9 nitrogen and oxygen atoms in total. The Labute approximate surface area is 183 Å². The maximum atomic E-state index is 12.6. The van der Waals surface area contributed by atoms with Crippen LogP contribution in [-0.2, 0) is 22.6 Å². The van der Waals surface area contributed by atoms with Crippen LogP contribution in [0.15, 0.2) is 18.3 Å². The Morgan fingerprint density at radius 2 is 2.10 bits per heavy atom. The molecule has 3 amide bonds. The van der Waals surface area contributed by atoms with Gasteiger partial charge < -0.3 is 20.9 Å². The Balaban J connectivity index is 1.50. The molecule has 0 aromatic carbocycles. The highest BCUT2D eigenvalue weighted by molar-refractivity contribution is 7.13. The first-order chi connectivity index (χ1) is 14.4. The number of halogens is 1. The highest BCUT2D eigenvalue weighted by atomic mass is 35.5. The van der Waals surface area contributed by atoms with Crippen LogP contribution in [0.1, 0.15) is 33.7 Å². The first-order valence-corrected chi connectivity index (χ1v) is 10.7. The van der Waals surface area contributed by atoms with E-state index in [1.165, 1.54) is 23.6 Å². The summed E-state index contributed by atoms with van der Waals surface area (Å²) in [5.41, 5.74) is 0.983. The van der Waals surface area contributed by atoms with Crippen molar-refractivity contribution in [1.82, 2.24) is 25.5 Å². The molecule has 1 aliphatic rings. The van der Waals surface area contributed by atoms with E-state index in [2.05, 4.69) is 30.8 Å². The molecule has 0 radical (unpaired) electrons. The first kappa shape index (κ1) is 22.1. The molecule has 0 bridgehead atoms. The maximum absolute atomic E-state index is 12.6. The van der Waals surface area contributed by atoms with Crippen LogP contribution in [0.4, 0.5) is 5.82 Å². The molecule has 160 valence electrons. The predicted molar refractivity (Wildman–Crippen MR) is 115 cm³/mol. The van der Waals surface area contributed by atoms with Gasteiger partial charge in [-0.1, -0.05) is 18.5 Å². The average molecular weight is 451 g/mol. The quantitative estimate of drug-likeness (QED) is 0.573. The van der Waals surface area contributed by atoms with Gasteiger partial charge in [0.1, 0.15) is 5.82 Å². The van der Waals surface area contributed by atoms with E-state index in [4.69, 9.17) is 11.6 Å². The van der Waals surface area contributed by atoms with E-state index in [9.17, 15) is 14.4 Å².